The van der Waals surface area contributed by atoms with Gasteiger partial charge in [0, 0.05) is 31.9 Å². The number of anilines is 1. The zero-order valence-corrected chi connectivity index (χ0v) is 11.1. The summed E-state index contributed by atoms with van der Waals surface area (Å²) in [7, 11) is 0. The van der Waals surface area contributed by atoms with Crippen LogP contribution in [-0.2, 0) is 15.9 Å². The number of rotatable bonds is 6. The lowest BCUT2D eigenvalue weighted by Crippen LogP contribution is -2.20. The van der Waals surface area contributed by atoms with E-state index in [9.17, 15) is 0 Å². The molecule has 3 nitrogen and oxygen atoms in total. The van der Waals surface area contributed by atoms with Crippen LogP contribution < -0.4 is 5.32 Å². The Morgan fingerprint density at radius 2 is 2.00 bits per heavy atom. The summed E-state index contributed by atoms with van der Waals surface area (Å²) >= 11 is 0. The molecule has 0 saturated carbocycles. The number of nitrogens with one attached hydrogen (secondary N) is 1. The molecule has 0 fully saturated rings. The Morgan fingerprint density at radius 3 is 2.72 bits per heavy atom. The van der Waals surface area contributed by atoms with Crippen molar-refractivity contribution >= 4 is 11.8 Å². The number of hydrogen-bond donors (Lipinski definition) is 1. The van der Waals surface area contributed by atoms with Gasteiger partial charge in [-0.1, -0.05) is 24.3 Å². The quantitative estimate of drug-likeness (QED) is 0.784. The largest absolute Gasteiger partial charge is 0.381 e. The van der Waals surface area contributed by atoms with Crippen LogP contribution in [0.25, 0.3) is 6.08 Å². The topological polar surface area (TPSA) is 30.5 Å². The molecule has 1 aromatic carbocycles. The van der Waals surface area contributed by atoms with Crippen molar-refractivity contribution < 1.29 is 9.47 Å². The minimum Gasteiger partial charge on any atom is -0.381 e. The fourth-order valence-corrected chi connectivity index (χ4v) is 2.11. The van der Waals surface area contributed by atoms with Crippen molar-refractivity contribution in [3.05, 3.63) is 35.4 Å². The standard InChI is InChI=1S/C15H21NO2/c1-3-17-15(18-4-2)11-12-7-8-13-6-5-9-16-14(13)10-12/h5-8,10,15-16H,3-4,9,11H2,1-2H3. The Labute approximate surface area is 109 Å². The number of benzene rings is 1. The van der Waals surface area contributed by atoms with Gasteiger partial charge in [0.25, 0.3) is 0 Å². The molecule has 0 radical (unpaired) electrons. The Morgan fingerprint density at radius 1 is 1.22 bits per heavy atom. The molecule has 1 aliphatic rings. The van der Waals surface area contributed by atoms with E-state index in [4.69, 9.17) is 9.47 Å². The number of hydrogen-bond acceptors (Lipinski definition) is 3. The second kappa shape index (κ2) is 6.57. The maximum absolute atomic E-state index is 5.57. The smallest absolute Gasteiger partial charge is 0.161 e. The molecule has 2 rings (SSSR count). The van der Waals surface area contributed by atoms with E-state index < -0.39 is 0 Å². The molecule has 18 heavy (non-hydrogen) atoms. The van der Waals surface area contributed by atoms with Gasteiger partial charge in [0.1, 0.15) is 0 Å². The fraction of sp³-hybridized carbons (Fsp3) is 0.467. The first-order valence-corrected chi connectivity index (χ1v) is 6.60. The summed E-state index contributed by atoms with van der Waals surface area (Å²) < 4.78 is 11.1. The molecule has 1 heterocycles. The van der Waals surface area contributed by atoms with E-state index in [0.29, 0.717) is 13.2 Å². The number of fused-ring (bicyclic) bond motifs is 1. The Kier molecular flexibility index (Phi) is 4.79. The lowest BCUT2D eigenvalue weighted by atomic mass is 10.0. The average Bonchev–Trinajstić information content (AvgIpc) is 2.39. The summed E-state index contributed by atoms with van der Waals surface area (Å²) in [6.45, 7) is 6.24. The van der Waals surface area contributed by atoms with E-state index in [1.54, 1.807) is 0 Å². The third kappa shape index (κ3) is 3.34. The van der Waals surface area contributed by atoms with Gasteiger partial charge in [-0.3, -0.25) is 0 Å². The second-order valence-corrected chi connectivity index (χ2v) is 4.25. The maximum Gasteiger partial charge on any atom is 0.161 e. The number of ether oxygens (including phenoxy) is 2. The highest BCUT2D eigenvalue weighted by Gasteiger charge is 2.11. The summed E-state index contributed by atoms with van der Waals surface area (Å²) in [6.07, 6.45) is 4.93. The van der Waals surface area contributed by atoms with Crippen molar-refractivity contribution in [3.63, 3.8) is 0 Å². The van der Waals surface area contributed by atoms with Gasteiger partial charge in [-0.15, -0.1) is 0 Å². The van der Waals surface area contributed by atoms with Gasteiger partial charge in [-0.25, -0.2) is 0 Å². The molecule has 98 valence electrons. The van der Waals surface area contributed by atoms with Gasteiger partial charge in [-0.05, 0) is 31.0 Å². The first-order valence-electron chi connectivity index (χ1n) is 6.60. The summed E-state index contributed by atoms with van der Waals surface area (Å²) in [5.41, 5.74) is 3.68. The van der Waals surface area contributed by atoms with E-state index in [1.807, 2.05) is 13.8 Å². The maximum atomic E-state index is 5.57. The molecule has 0 atom stereocenters. The van der Waals surface area contributed by atoms with Crippen molar-refractivity contribution in [1.82, 2.24) is 0 Å². The molecule has 0 aliphatic carbocycles. The predicted octanol–water partition coefficient (Wildman–Crippen LogP) is 3.07. The average molecular weight is 247 g/mol. The van der Waals surface area contributed by atoms with Gasteiger partial charge < -0.3 is 14.8 Å². The Balaban J connectivity index is 2.06. The van der Waals surface area contributed by atoms with Crippen LogP contribution >= 0.6 is 0 Å². The summed E-state index contributed by atoms with van der Waals surface area (Å²) in [5, 5.41) is 3.37. The zero-order valence-electron chi connectivity index (χ0n) is 11.1. The minimum atomic E-state index is -0.141. The molecule has 0 unspecified atom stereocenters. The molecule has 0 amide bonds. The van der Waals surface area contributed by atoms with Gasteiger partial charge >= 0.3 is 0 Å². The van der Waals surface area contributed by atoms with Crippen molar-refractivity contribution in [2.75, 3.05) is 25.1 Å². The van der Waals surface area contributed by atoms with Crippen LogP contribution in [0.15, 0.2) is 24.3 Å². The third-order valence-electron chi connectivity index (χ3n) is 2.93. The summed E-state index contributed by atoms with van der Waals surface area (Å²) in [5.74, 6) is 0. The van der Waals surface area contributed by atoms with Gasteiger partial charge in [0.05, 0.1) is 0 Å². The summed E-state index contributed by atoms with van der Waals surface area (Å²) in [6, 6.07) is 6.47. The fourth-order valence-electron chi connectivity index (χ4n) is 2.11. The monoisotopic (exact) mass is 247 g/mol. The highest BCUT2D eigenvalue weighted by atomic mass is 16.7. The highest BCUT2D eigenvalue weighted by Crippen LogP contribution is 2.23. The Hall–Kier alpha value is -1.32. The first-order chi connectivity index (χ1) is 8.83. The molecular weight excluding hydrogens is 226 g/mol. The van der Waals surface area contributed by atoms with Crippen molar-refractivity contribution in [3.8, 4) is 0 Å². The molecular formula is C15H21NO2. The van der Waals surface area contributed by atoms with E-state index in [-0.39, 0.29) is 6.29 Å². The van der Waals surface area contributed by atoms with Crippen LogP contribution in [0, 0.1) is 0 Å². The zero-order chi connectivity index (χ0) is 12.8. The molecule has 0 saturated heterocycles. The van der Waals surface area contributed by atoms with E-state index >= 15 is 0 Å². The third-order valence-corrected chi connectivity index (χ3v) is 2.93. The normalized spacial score (nSPS) is 13.5. The van der Waals surface area contributed by atoms with Gasteiger partial charge in [0.15, 0.2) is 6.29 Å². The molecule has 1 aromatic rings. The Bertz CT molecular complexity index is 409. The van der Waals surface area contributed by atoms with Crippen LogP contribution in [0.3, 0.4) is 0 Å². The van der Waals surface area contributed by atoms with Crippen LogP contribution in [0.2, 0.25) is 0 Å². The van der Waals surface area contributed by atoms with Crippen LogP contribution in [-0.4, -0.2) is 26.0 Å². The minimum absolute atomic E-state index is 0.141. The highest BCUT2D eigenvalue weighted by molar-refractivity contribution is 5.70. The molecule has 0 spiro atoms. The first kappa shape index (κ1) is 13.1. The van der Waals surface area contributed by atoms with E-state index in [1.165, 1.54) is 16.8 Å². The molecule has 0 bridgehead atoms. The van der Waals surface area contributed by atoms with Gasteiger partial charge in [0.2, 0.25) is 0 Å². The van der Waals surface area contributed by atoms with Crippen molar-refractivity contribution in [1.29, 1.82) is 0 Å². The van der Waals surface area contributed by atoms with Gasteiger partial charge in [-0.2, -0.15) is 0 Å². The molecule has 1 aliphatic heterocycles. The lowest BCUT2D eigenvalue weighted by Gasteiger charge is -2.19. The van der Waals surface area contributed by atoms with E-state index in [0.717, 1.165) is 13.0 Å². The predicted molar refractivity (Wildman–Crippen MR) is 74.7 cm³/mol. The van der Waals surface area contributed by atoms with Crippen molar-refractivity contribution in [2.45, 2.75) is 26.6 Å². The van der Waals surface area contributed by atoms with Crippen molar-refractivity contribution in [2.24, 2.45) is 0 Å². The van der Waals surface area contributed by atoms with Crippen LogP contribution in [0.5, 0.6) is 0 Å². The van der Waals surface area contributed by atoms with E-state index in [2.05, 4.69) is 35.7 Å². The molecule has 0 aromatic heterocycles. The van der Waals surface area contributed by atoms with Crippen LogP contribution in [0.4, 0.5) is 5.69 Å². The van der Waals surface area contributed by atoms with Crippen LogP contribution in [0.1, 0.15) is 25.0 Å². The molecule has 1 N–H and O–H groups in total. The second-order valence-electron chi connectivity index (χ2n) is 4.25. The molecule has 3 heteroatoms. The SMILES string of the molecule is CCOC(Cc1ccc2c(c1)NCC=C2)OCC. The lowest BCUT2D eigenvalue weighted by molar-refractivity contribution is -0.134. The summed E-state index contributed by atoms with van der Waals surface area (Å²) in [4.78, 5) is 0.